The molecule has 86 valence electrons. The van der Waals surface area contributed by atoms with Gasteiger partial charge < -0.3 is 4.74 Å². The Kier molecular flexibility index (Phi) is 7.23. The van der Waals surface area contributed by atoms with E-state index in [4.69, 9.17) is 16.3 Å². The van der Waals surface area contributed by atoms with Gasteiger partial charge in [0.25, 0.3) is 0 Å². The summed E-state index contributed by atoms with van der Waals surface area (Å²) in [6.07, 6.45) is 2.32. The summed E-state index contributed by atoms with van der Waals surface area (Å²) < 4.78 is 6.00. The molecular weight excluding hydrogens is 425 g/mol. The van der Waals surface area contributed by atoms with Crippen molar-refractivity contribution in [2.24, 2.45) is 0 Å². The Morgan fingerprint density at radius 1 is 1.29 bits per heavy atom. The average molecular weight is 445 g/mol. The van der Waals surface area contributed by atoms with E-state index in [9.17, 15) is 0 Å². The SMILES string of the molecule is CC(C)OC(C)(I)C[C@@](C)(I)CCCl. The summed E-state index contributed by atoms with van der Waals surface area (Å²) in [7, 11) is 0. The van der Waals surface area contributed by atoms with Crippen molar-refractivity contribution in [3.63, 3.8) is 0 Å². The second-order valence-corrected chi connectivity index (χ2v) is 9.56. The molecule has 0 radical (unpaired) electrons. The van der Waals surface area contributed by atoms with E-state index in [-0.39, 0.29) is 13.1 Å². The van der Waals surface area contributed by atoms with Crippen LogP contribution in [0.1, 0.15) is 40.5 Å². The van der Waals surface area contributed by atoms with Gasteiger partial charge in [-0.15, -0.1) is 11.6 Å². The van der Waals surface area contributed by atoms with E-state index in [1.807, 2.05) is 0 Å². The first-order chi connectivity index (χ1) is 6.18. The largest absolute Gasteiger partial charge is 0.362 e. The van der Waals surface area contributed by atoms with Crippen molar-refractivity contribution in [3.05, 3.63) is 0 Å². The second kappa shape index (κ2) is 6.45. The molecule has 0 aromatic carbocycles. The molecule has 0 spiro atoms. The van der Waals surface area contributed by atoms with E-state index < -0.39 is 0 Å². The fraction of sp³-hybridized carbons (Fsp3) is 1.00. The maximum absolute atomic E-state index is 5.86. The molecule has 0 aromatic heterocycles. The molecule has 0 aliphatic rings. The Morgan fingerprint density at radius 2 is 1.79 bits per heavy atom. The minimum Gasteiger partial charge on any atom is -0.362 e. The molecule has 0 aliphatic heterocycles. The third kappa shape index (κ3) is 7.93. The molecule has 0 saturated carbocycles. The Hall–Kier alpha value is 1.71. The van der Waals surface area contributed by atoms with E-state index in [2.05, 4.69) is 72.9 Å². The molecule has 4 heteroatoms. The van der Waals surface area contributed by atoms with Gasteiger partial charge in [0, 0.05) is 9.30 Å². The predicted molar refractivity (Wildman–Crippen MR) is 81.0 cm³/mol. The Balaban J connectivity index is 4.19. The van der Waals surface area contributed by atoms with E-state index in [1.165, 1.54) is 0 Å². The van der Waals surface area contributed by atoms with Crippen molar-refractivity contribution in [2.45, 2.75) is 53.7 Å². The van der Waals surface area contributed by atoms with Crippen molar-refractivity contribution in [3.8, 4) is 0 Å². The molecule has 2 atom stereocenters. The molecule has 0 aliphatic carbocycles. The van der Waals surface area contributed by atoms with Gasteiger partial charge in [-0.3, -0.25) is 0 Å². The van der Waals surface area contributed by atoms with Gasteiger partial charge >= 0.3 is 0 Å². The lowest BCUT2D eigenvalue weighted by Gasteiger charge is -2.33. The molecule has 14 heavy (non-hydrogen) atoms. The van der Waals surface area contributed by atoms with E-state index >= 15 is 0 Å². The smallest absolute Gasteiger partial charge is 0.117 e. The summed E-state index contributed by atoms with van der Waals surface area (Å²) in [5.41, 5.74) is 0. The zero-order chi connectivity index (χ0) is 11.4. The van der Waals surface area contributed by atoms with Crippen LogP contribution in [0.25, 0.3) is 0 Å². The maximum atomic E-state index is 5.86. The van der Waals surface area contributed by atoms with Gasteiger partial charge in [0.2, 0.25) is 0 Å². The summed E-state index contributed by atoms with van der Waals surface area (Å²) in [6, 6.07) is 0. The van der Waals surface area contributed by atoms with Crippen LogP contribution >= 0.6 is 56.8 Å². The number of hydrogen-bond acceptors (Lipinski definition) is 1. The quantitative estimate of drug-likeness (QED) is 0.423. The van der Waals surface area contributed by atoms with Crippen molar-refractivity contribution in [1.82, 2.24) is 0 Å². The Morgan fingerprint density at radius 3 is 2.14 bits per heavy atom. The van der Waals surface area contributed by atoms with Crippen molar-refractivity contribution >= 4 is 56.8 Å². The number of rotatable bonds is 6. The first-order valence-corrected chi connectivity index (χ1v) is 7.49. The molecule has 0 N–H and O–H groups in total. The van der Waals surface area contributed by atoms with Crippen LogP contribution in [-0.2, 0) is 4.74 Å². The molecule has 0 amide bonds. The fourth-order valence-corrected chi connectivity index (χ4v) is 5.29. The van der Waals surface area contributed by atoms with Crippen LogP contribution < -0.4 is 0 Å². The predicted octanol–water partition coefficient (Wildman–Crippen LogP) is 4.78. The number of hydrogen-bond donors (Lipinski definition) is 0. The standard InChI is InChI=1S/C10H19ClI2O/c1-8(2)14-10(4,13)7-9(3,12)5-6-11/h8H,5-7H2,1-4H3/t9-,10?/m0/s1. The minimum atomic E-state index is -0.0894. The van der Waals surface area contributed by atoms with Gasteiger partial charge in [-0.25, -0.2) is 0 Å². The van der Waals surface area contributed by atoms with Crippen LogP contribution in [0.3, 0.4) is 0 Å². The van der Waals surface area contributed by atoms with E-state index in [0.29, 0.717) is 5.88 Å². The summed E-state index contributed by atoms with van der Waals surface area (Å²) in [5, 5.41) is 0. The van der Waals surface area contributed by atoms with Crippen LogP contribution in [0.15, 0.2) is 0 Å². The number of alkyl halides is 3. The summed E-state index contributed by atoms with van der Waals surface area (Å²) in [4.78, 5) is 0. The highest BCUT2D eigenvalue weighted by Gasteiger charge is 2.32. The van der Waals surface area contributed by atoms with Crippen molar-refractivity contribution in [1.29, 1.82) is 0 Å². The number of halogens is 3. The van der Waals surface area contributed by atoms with Gasteiger partial charge in [-0.1, -0.05) is 29.5 Å². The molecule has 0 bridgehead atoms. The van der Waals surface area contributed by atoms with Crippen molar-refractivity contribution in [2.75, 3.05) is 5.88 Å². The lowest BCUT2D eigenvalue weighted by atomic mass is 10.0. The van der Waals surface area contributed by atoms with Gasteiger partial charge in [0.15, 0.2) is 0 Å². The summed E-state index contributed by atoms with van der Waals surface area (Å²) in [5.74, 6) is 0.716. The summed E-state index contributed by atoms with van der Waals surface area (Å²) in [6.45, 7) is 8.52. The van der Waals surface area contributed by atoms with Crippen molar-refractivity contribution < 1.29 is 4.74 Å². The molecule has 0 fully saturated rings. The zero-order valence-electron chi connectivity index (χ0n) is 9.24. The molecule has 0 aromatic rings. The fourth-order valence-electron chi connectivity index (χ4n) is 1.48. The molecule has 1 nitrogen and oxygen atoms in total. The average Bonchev–Trinajstić information content (AvgIpc) is 1.78. The lowest BCUT2D eigenvalue weighted by Crippen LogP contribution is -2.33. The number of ether oxygens (including phenoxy) is 1. The van der Waals surface area contributed by atoms with Gasteiger partial charge in [0.05, 0.1) is 6.10 Å². The third-order valence-electron chi connectivity index (χ3n) is 1.78. The Bertz CT molecular complexity index is 170. The van der Waals surface area contributed by atoms with Crippen LogP contribution in [0.4, 0.5) is 0 Å². The minimum absolute atomic E-state index is 0.0894. The topological polar surface area (TPSA) is 9.23 Å². The normalized spacial score (nSPS) is 20.6. The van der Waals surface area contributed by atoms with Crippen LogP contribution in [0, 0.1) is 0 Å². The maximum Gasteiger partial charge on any atom is 0.117 e. The first kappa shape index (κ1) is 15.7. The zero-order valence-corrected chi connectivity index (χ0v) is 14.3. The van der Waals surface area contributed by atoms with Gasteiger partial charge in [0.1, 0.15) is 3.61 Å². The van der Waals surface area contributed by atoms with Crippen LogP contribution in [0.2, 0.25) is 0 Å². The second-order valence-electron chi connectivity index (χ2n) is 4.30. The first-order valence-electron chi connectivity index (χ1n) is 4.80. The highest BCUT2D eigenvalue weighted by molar-refractivity contribution is 14.1. The lowest BCUT2D eigenvalue weighted by molar-refractivity contribution is -0.00172. The molecular formula is C10H19ClI2O. The third-order valence-corrected chi connectivity index (χ3v) is 3.53. The van der Waals surface area contributed by atoms with E-state index in [1.54, 1.807) is 0 Å². The van der Waals surface area contributed by atoms with E-state index in [0.717, 1.165) is 12.8 Å². The Labute approximate surface area is 120 Å². The molecule has 1 unspecified atom stereocenters. The van der Waals surface area contributed by atoms with Crippen LogP contribution in [-0.4, -0.2) is 19.0 Å². The highest BCUT2D eigenvalue weighted by atomic mass is 127. The van der Waals surface area contributed by atoms with Gasteiger partial charge in [-0.05, 0) is 56.2 Å². The van der Waals surface area contributed by atoms with Gasteiger partial charge in [-0.2, -0.15) is 0 Å². The molecule has 0 heterocycles. The summed E-state index contributed by atoms with van der Waals surface area (Å²) >= 11 is 10.6. The monoisotopic (exact) mass is 444 g/mol. The van der Waals surface area contributed by atoms with Crippen LogP contribution in [0.5, 0.6) is 0 Å². The highest BCUT2D eigenvalue weighted by Crippen LogP contribution is 2.38. The molecule has 0 saturated heterocycles. The molecule has 0 rings (SSSR count).